The van der Waals surface area contributed by atoms with Crippen molar-refractivity contribution in [3.63, 3.8) is 0 Å². The molecule has 0 radical (unpaired) electrons. The molecule has 1 saturated heterocycles. The molecule has 0 spiro atoms. The van der Waals surface area contributed by atoms with E-state index in [2.05, 4.69) is 22.0 Å². The van der Waals surface area contributed by atoms with E-state index in [-0.39, 0.29) is 11.7 Å². The van der Waals surface area contributed by atoms with Gasteiger partial charge in [0.15, 0.2) is 0 Å². The molecule has 0 bridgehead atoms. The van der Waals surface area contributed by atoms with Crippen LogP contribution in [0.25, 0.3) is 10.9 Å². The molecular formula is C19H20ClN3O2. The van der Waals surface area contributed by atoms with Gasteiger partial charge in [0.05, 0.1) is 17.8 Å². The van der Waals surface area contributed by atoms with Gasteiger partial charge in [-0.1, -0.05) is 17.7 Å². The molecule has 2 aliphatic rings. The van der Waals surface area contributed by atoms with Crippen molar-refractivity contribution >= 4 is 34.2 Å². The molecule has 1 aromatic heterocycles. The number of piperidine rings is 1. The van der Waals surface area contributed by atoms with E-state index in [0.717, 1.165) is 54.1 Å². The van der Waals surface area contributed by atoms with Crippen LogP contribution in [0.2, 0.25) is 5.02 Å². The van der Waals surface area contributed by atoms with Crippen LogP contribution in [-0.2, 0) is 16.1 Å². The zero-order chi connectivity index (χ0) is 17.2. The molecule has 0 amide bonds. The molecule has 6 heteroatoms. The third kappa shape index (κ3) is 3.67. The molecule has 2 aromatic rings. The molecule has 0 aliphatic carbocycles. The first-order chi connectivity index (χ1) is 12.2. The molecule has 25 heavy (non-hydrogen) atoms. The van der Waals surface area contributed by atoms with Crippen LogP contribution in [0.5, 0.6) is 0 Å². The summed E-state index contributed by atoms with van der Waals surface area (Å²) < 4.78 is 5.31. The van der Waals surface area contributed by atoms with Gasteiger partial charge in [0, 0.05) is 22.9 Å². The standard InChI is InChI=1S/C19H20ClN3O2/c20-15-2-4-17-14(11-15)1-3-16(22-17)12-23-8-5-13(6-9-23)18(24)19-21-7-10-25-19/h1-4,11,13H,5-10,12H2. The lowest BCUT2D eigenvalue weighted by atomic mass is 9.92. The van der Waals surface area contributed by atoms with Crippen LogP contribution in [0.3, 0.4) is 0 Å². The van der Waals surface area contributed by atoms with Gasteiger partial charge in [-0.15, -0.1) is 0 Å². The molecule has 0 N–H and O–H groups in total. The predicted octanol–water partition coefficient (Wildman–Crippen LogP) is 3.10. The Bertz CT molecular complexity index is 829. The van der Waals surface area contributed by atoms with Crippen molar-refractivity contribution in [2.24, 2.45) is 10.9 Å². The van der Waals surface area contributed by atoms with Crippen molar-refractivity contribution in [2.75, 3.05) is 26.2 Å². The highest BCUT2D eigenvalue weighted by Gasteiger charge is 2.30. The highest BCUT2D eigenvalue weighted by molar-refractivity contribution is 6.37. The second kappa shape index (κ2) is 7.10. The second-order valence-electron chi connectivity index (χ2n) is 6.59. The lowest BCUT2D eigenvalue weighted by Gasteiger charge is -2.30. The summed E-state index contributed by atoms with van der Waals surface area (Å²) in [6.45, 7) is 3.74. The predicted molar refractivity (Wildman–Crippen MR) is 98.0 cm³/mol. The number of hydrogen-bond acceptors (Lipinski definition) is 5. The minimum atomic E-state index is 0.0415. The van der Waals surface area contributed by atoms with Gasteiger partial charge in [0.2, 0.25) is 5.78 Å². The van der Waals surface area contributed by atoms with E-state index < -0.39 is 0 Å². The summed E-state index contributed by atoms with van der Waals surface area (Å²) >= 11 is 6.02. The topological polar surface area (TPSA) is 54.8 Å². The van der Waals surface area contributed by atoms with Gasteiger partial charge in [-0.25, -0.2) is 4.99 Å². The number of hydrogen-bond donors (Lipinski definition) is 0. The van der Waals surface area contributed by atoms with E-state index in [1.165, 1.54) is 0 Å². The lowest BCUT2D eigenvalue weighted by molar-refractivity contribution is -0.119. The van der Waals surface area contributed by atoms with Crippen LogP contribution >= 0.6 is 11.6 Å². The fourth-order valence-corrected chi connectivity index (χ4v) is 3.65. The van der Waals surface area contributed by atoms with Crippen molar-refractivity contribution in [3.8, 4) is 0 Å². The Balaban J connectivity index is 1.37. The maximum absolute atomic E-state index is 12.3. The average molecular weight is 358 g/mol. The molecule has 0 atom stereocenters. The number of nitrogens with zero attached hydrogens (tertiary/aromatic N) is 3. The first kappa shape index (κ1) is 16.5. The van der Waals surface area contributed by atoms with Gasteiger partial charge in [0.1, 0.15) is 6.61 Å². The largest absolute Gasteiger partial charge is 0.473 e. The number of benzene rings is 1. The monoisotopic (exact) mass is 357 g/mol. The van der Waals surface area contributed by atoms with E-state index in [1.54, 1.807) is 0 Å². The molecule has 0 unspecified atom stereocenters. The zero-order valence-electron chi connectivity index (χ0n) is 13.9. The second-order valence-corrected chi connectivity index (χ2v) is 7.03. The number of likely N-dealkylation sites (tertiary alicyclic amines) is 1. The number of aliphatic imine (C=N–C) groups is 1. The van der Waals surface area contributed by atoms with Crippen LogP contribution in [0.1, 0.15) is 18.5 Å². The van der Waals surface area contributed by atoms with Crippen LogP contribution in [0, 0.1) is 5.92 Å². The zero-order valence-corrected chi connectivity index (χ0v) is 14.7. The smallest absolute Gasteiger partial charge is 0.253 e. The number of carbonyl (C=O) groups is 1. The fourth-order valence-electron chi connectivity index (χ4n) is 3.47. The van der Waals surface area contributed by atoms with Gasteiger partial charge in [-0.2, -0.15) is 0 Å². The number of rotatable bonds is 4. The van der Waals surface area contributed by atoms with Gasteiger partial charge in [0.25, 0.3) is 5.90 Å². The summed E-state index contributed by atoms with van der Waals surface area (Å²) in [4.78, 5) is 23.6. The number of fused-ring (bicyclic) bond motifs is 1. The maximum atomic E-state index is 12.3. The Labute approximate surface area is 151 Å². The number of aromatic nitrogens is 1. The Hall–Kier alpha value is -1.98. The Kier molecular flexibility index (Phi) is 4.68. The molecule has 2 aliphatic heterocycles. The van der Waals surface area contributed by atoms with Gasteiger partial charge >= 0.3 is 0 Å². The maximum Gasteiger partial charge on any atom is 0.253 e. The van der Waals surface area contributed by atoms with Gasteiger partial charge in [-0.3, -0.25) is 14.7 Å². The highest BCUT2D eigenvalue weighted by atomic mass is 35.5. The van der Waals surface area contributed by atoms with Crippen molar-refractivity contribution in [1.82, 2.24) is 9.88 Å². The van der Waals surface area contributed by atoms with E-state index in [0.29, 0.717) is 19.0 Å². The molecular weight excluding hydrogens is 338 g/mol. The number of Topliss-reactive ketones (excluding diaryl/α,β-unsaturated/α-hetero) is 1. The summed E-state index contributed by atoms with van der Waals surface area (Å²) in [5.41, 5.74) is 2.01. The minimum Gasteiger partial charge on any atom is -0.473 e. The number of ether oxygens (including phenoxy) is 1. The third-order valence-electron chi connectivity index (χ3n) is 4.85. The summed E-state index contributed by atoms with van der Waals surface area (Å²) in [5.74, 6) is 0.464. The number of halogens is 1. The molecule has 3 heterocycles. The van der Waals surface area contributed by atoms with Gasteiger partial charge in [-0.05, 0) is 50.2 Å². The van der Waals surface area contributed by atoms with Crippen LogP contribution < -0.4 is 0 Å². The summed E-state index contributed by atoms with van der Waals surface area (Å²) in [6, 6.07) is 9.87. The Morgan fingerprint density at radius 3 is 2.84 bits per heavy atom. The number of carbonyl (C=O) groups excluding carboxylic acids is 1. The summed E-state index contributed by atoms with van der Waals surface area (Å²) in [6.07, 6.45) is 1.70. The van der Waals surface area contributed by atoms with Crippen LogP contribution in [0.15, 0.2) is 35.3 Å². The van der Waals surface area contributed by atoms with Gasteiger partial charge < -0.3 is 4.74 Å². The SMILES string of the molecule is O=C(C1=NCCO1)C1CCN(Cc2ccc3cc(Cl)ccc3n2)CC1. The number of pyridine rings is 1. The molecule has 1 aromatic carbocycles. The van der Waals surface area contributed by atoms with Crippen molar-refractivity contribution in [3.05, 3.63) is 41.0 Å². The van der Waals surface area contributed by atoms with E-state index >= 15 is 0 Å². The first-order valence-corrected chi connectivity index (χ1v) is 9.06. The summed E-state index contributed by atoms with van der Waals surface area (Å²) in [5, 5.41) is 1.78. The average Bonchev–Trinajstić information content (AvgIpc) is 3.17. The fraction of sp³-hybridized carbons (Fsp3) is 0.421. The van der Waals surface area contributed by atoms with E-state index in [4.69, 9.17) is 21.3 Å². The third-order valence-corrected chi connectivity index (χ3v) is 5.08. The lowest BCUT2D eigenvalue weighted by Crippen LogP contribution is -2.38. The molecule has 1 fully saturated rings. The van der Waals surface area contributed by atoms with Crippen LogP contribution in [0.4, 0.5) is 0 Å². The van der Waals surface area contributed by atoms with E-state index in [1.807, 2.05) is 18.2 Å². The Morgan fingerprint density at radius 1 is 1.24 bits per heavy atom. The van der Waals surface area contributed by atoms with Crippen molar-refractivity contribution in [2.45, 2.75) is 19.4 Å². The first-order valence-electron chi connectivity index (χ1n) is 8.68. The molecule has 4 rings (SSSR count). The molecule has 0 saturated carbocycles. The van der Waals surface area contributed by atoms with Crippen LogP contribution in [-0.4, -0.2) is 47.8 Å². The molecule has 130 valence electrons. The molecule has 5 nitrogen and oxygen atoms in total. The van der Waals surface area contributed by atoms with E-state index in [9.17, 15) is 4.79 Å². The van der Waals surface area contributed by atoms with Crippen molar-refractivity contribution in [1.29, 1.82) is 0 Å². The quantitative estimate of drug-likeness (QED) is 0.843. The number of ketones is 1. The summed E-state index contributed by atoms with van der Waals surface area (Å²) in [7, 11) is 0. The Morgan fingerprint density at radius 2 is 2.08 bits per heavy atom. The normalized spacial score (nSPS) is 19.0. The minimum absolute atomic E-state index is 0.0415. The highest BCUT2D eigenvalue weighted by Crippen LogP contribution is 2.22. The van der Waals surface area contributed by atoms with Crippen molar-refractivity contribution < 1.29 is 9.53 Å².